The molecule has 2 aromatic rings. The first-order valence-electron chi connectivity index (χ1n) is 11.2. The van der Waals surface area contributed by atoms with E-state index in [1.807, 2.05) is 0 Å². The van der Waals surface area contributed by atoms with E-state index >= 15 is 0 Å². The fourth-order valence-corrected chi connectivity index (χ4v) is 4.59. The lowest BCUT2D eigenvalue weighted by Gasteiger charge is -2.29. The molecule has 0 aromatic heterocycles. The normalized spacial score (nSPS) is 20.0. The highest BCUT2D eigenvalue weighted by Crippen LogP contribution is 2.43. The van der Waals surface area contributed by atoms with Crippen molar-refractivity contribution in [3.8, 4) is 17.2 Å². The highest BCUT2D eigenvalue weighted by atomic mass is 19.2. The lowest BCUT2D eigenvalue weighted by atomic mass is 9.91. The molecule has 0 saturated carbocycles. The number of ether oxygens (including phenoxy) is 3. The van der Waals surface area contributed by atoms with Crippen LogP contribution in [0.15, 0.2) is 18.2 Å². The minimum Gasteiger partial charge on any atom is -0.491 e. The van der Waals surface area contributed by atoms with Crippen LogP contribution in [0.5, 0.6) is 17.2 Å². The highest BCUT2D eigenvalue weighted by Gasteiger charge is 2.29. The van der Waals surface area contributed by atoms with Crippen molar-refractivity contribution in [3.05, 3.63) is 52.3 Å². The number of benzene rings is 2. The average molecular weight is 434 g/mol. The number of aryl methyl sites for hydroxylation is 1. The molecule has 4 rings (SSSR count). The third-order valence-corrected chi connectivity index (χ3v) is 6.24. The SMILES string of the molecule is CCCC1CCC(CCc2cc3c(c(F)c2F)Oc2c(ccc(OCC)c2F)C3)OC1. The monoisotopic (exact) mass is 434 g/mol. The molecule has 31 heavy (non-hydrogen) atoms. The summed E-state index contributed by atoms with van der Waals surface area (Å²) in [6.45, 7) is 4.96. The third-order valence-electron chi connectivity index (χ3n) is 6.24. The van der Waals surface area contributed by atoms with Crippen LogP contribution in [0.3, 0.4) is 0 Å². The van der Waals surface area contributed by atoms with Crippen molar-refractivity contribution < 1.29 is 27.4 Å². The Morgan fingerprint density at radius 2 is 1.77 bits per heavy atom. The van der Waals surface area contributed by atoms with E-state index in [4.69, 9.17) is 14.2 Å². The standard InChI is InChI=1S/C25H29F3O3/c1-3-5-15-6-9-19(30-14-15)10-7-16-12-18-13-17-8-11-20(29-4-2)22(27)24(17)31-25(18)23(28)21(16)26/h8,11-12,15,19H,3-7,9-10,13-14H2,1-2H3. The molecule has 168 valence electrons. The van der Waals surface area contributed by atoms with E-state index in [2.05, 4.69) is 6.92 Å². The zero-order chi connectivity index (χ0) is 22.0. The summed E-state index contributed by atoms with van der Waals surface area (Å²) in [5.41, 5.74) is 1.43. The first kappa shape index (κ1) is 22.0. The summed E-state index contributed by atoms with van der Waals surface area (Å²) in [7, 11) is 0. The van der Waals surface area contributed by atoms with Gasteiger partial charge in [-0.05, 0) is 62.6 Å². The third kappa shape index (κ3) is 4.54. The van der Waals surface area contributed by atoms with Crippen molar-refractivity contribution in [1.82, 2.24) is 0 Å². The number of fused-ring (bicyclic) bond motifs is 2. The molecular weight excluding hydrogens is 405 g/mol. The van der Waals surface area contributed by atoms with Gasteiger partial charge in [0.1, 0.15) is 0 Å². The van der Waals surface area contributed by atoms with Crippen LogP contribution < -0.4 is 9.47 Å². The van der Waals surface area contributed by atoms with Gasteiger partial charge >= 0.3 is 0 Å². The van der Waals surface area contributed by atoms with Crippen molar-refractivity contribution >= 4 is 0 Å². The van der Waals surface area contributed by atoms with Crippen LogP contribution in [0.1, 0.15) is 62.6 Å². The van der Waals surface area contributed by atoms with Gasteiger partial charge < -0.3 is 14.2 Å². The molecule has 2 aliphatic rings. The predicted octanol–water partition coefficient (Wildman–Crippen LogP) is 6.73. The van der Waals surface area contributed by atoms with E-state index < -0.39 is 17.5 Å². The first-order chi connectivity index (χ1) is 15.0. The van der Waals surface area contributed by atoms with E-state index in [1.54, 1.807) is 25.1 Å². The van der Waals surface area contributed by atoms with Gasteiger partial charge in [0.15, 0.2) is 23.1 Å². The summed E-state index contributed by atoms with van der Waals surface area (Å²) >= 11 is 0. The van der Waals surface area contributed by atoms with E-state index in [9.17, 15) is 13.2 Å². The predicted molar refractivity (Wildman–Crippen MR) is 113 cm³/mol. The number of rotatable bonds is 7. The molecule has 0 spiro atoms. The maximum absolute atomic E-state index is 14.8. The van der Waals surface area contributed by atoms with Crippen LogP contribution in [0.2, 0.25) is 0 Å². The van der Waals surface area contributed by atoms with Crippen LogP contribution in [-0.4, -0.2) is 19.3 Å². The summed E-state index contributed by atoms with van der Waals surface area (Å²) in [6, 6.07) is 4.89. The molecule has 2 unspecified atom stereocenters. The molecule has 2 atom stereocenters. The molecule has 6 heteroatoms. The molecule has 1 fully saturated rings. The number of halogens is 3. The molecular formula is C25H29F3O3. The molecule has 2 aromatic carbocycles. The van der Waals surface area contributed by atoms with Crippen molar-refractivity contribution in [2.75, 3.05) is 13.2 Å². The smallest absolute Gasteiger partial charge is 0.207 e. The highest BCUT2D eigenvalue weighted by molar-refractivity contribution is 5.54. The average Bonchev–Trinajstić information content (AvgIpc) is 2.78. The Morgan fingerprint density at radius 3 is 2.48 bits per heavy atom. The minimum atomic E-state index is -1.06. The largest absolute Gasteiger partial charge is 0.491 e. The summed E-state index contributed by atoms with van der Waals surface area (Å²) < 4.78 is 61.0. The van der Waals surface area contributed by atoms with E-state index in [1.165, 1.54) is 6.42 Å². The van der Waals surface area contributed by atoms with Gasteiger partial charge in [-0.2, -0.15) is 8.78 Å². The molecule has 0 radical (unpaired) electrons. The Bertz CT molecular complexity index is 936. The molecule has 0 amide bonds. The van der Waals surface area contributed by atoms with E-state index in [0.717, 1.165) is 25.9 Å². The summed E-state index contributed by atoms with van der Waals surface area (Å²) in [5.74, 6) is -2.37. The number of hydrogen-bond acceptors (Lipinski definition) is 3. The molecule has 0 N–H and O–H groups in total. The number of hydrogen-bond donors (Lipinski definition) is 0. The van der Waals surface area contributed by atoms with Crippen LogP contribution in [0.4, 0.5) is 13.2 Å². The van der Waals surface area contributed by atoms with Crippen molar-refractivity contribution in [1.29, 1.82) is 0 Å². The van der Waals surface area contributed by atoms with Gasteiger partial charge in [0, 0.05) is 24.2 Å². The Hall–Kier alpha value is -2.21. The van der Waals surface area contributed by atoms with Gasteiger partial charge in [-0.1, -0.05) is 19.4 Å². The van der Waals surface area contributed by atoms with Gasteiger partial charge in [-0.25, -0.2) is 4.39 Å². The molecule has 3 nitrogen and oxygen atoms in total. The fraction of sp³-hybridized carbons (Fsp3) is 0.520. The quantitative estimate of drug-likeness (QED) is 0.413. The Balaban J connectivity index is 1.49. The van der Waals surface area contributed by atoms with Gasteiger partial charge in [-0.15, -0.1) is 0 Å². The fourth-order valence-electron chi connectivity index (χ4n) is 4.59. The second-order valence-corrected chi connectivity index (χ2v) is 8.46. The topological polar surface area (TPSA) is 27.7 Å². The van der Waals surface area contributed by atoms with Crippen molar-refractivity contribution in [3.63, 3.8) is 0 Å². The second kappa shape index (κ2) is 9.51. The zero-order valence-electron chi connectivity index (χ0n) is 18.1. The minimum absolute atomic E-state index is 0.0378. The Morgan fingerprint density at radius 1 is 0.968 bits per heavy atom. The zero-order valence-corrected chi connectivity index (χ0v) is 18.1. The molecule has 2 aliphatic heterocycles. The molecule has 0 aliphatic carbocycles. The maximum Gasteiger partial charge on any atom is 0.207 e. The maximum atomic E-state index is 14.8. The van der Waals surface area contributed by atoms with Crippen molar-refractivity contribution in [2.24, 2.45) is 5.92 Å². The summed E-state index contributed by atoms with van der Waals surface area (Å²) in [4.78, 5) is 0. The van der Waals surface area contributed by atoms with Crippen LogP contribution in [0.25, 0.3) is 0 Å². The lowest BCUT2D eigenvalue weighted by molar-refractivity contribution is -0.0216. The summed E-state index contributed by atoms with van der Waals surface area (Å²) in [6.07, 6.45) is 5.80. The summed E-state index contributed by atoms with van der Waals surface area (Å²) in [5, 5.41) is 0. The van der Waals surface area contributed by atoms with Gasteiger partial charge in [-0.3, -0.25) is 0 Å². The Labute approximate surface area is 181 Å². The lowest BCUT2D eigenvalue weighted by Crippen LogP contribution is -2.26. The van der Waals surface area contributed by atoms with Gasteiger partial charge in [0.05, 0.1) is 12.7 Å². The Kier molecular flexibility index (Phi) is 6.75. The van der Waals surface area contributed by atoms with Gasteiger partial charge in [0.2, 0.25) is 11.6 Å². The van der Waals surface area contributed by atoms with Crippen LogP contribution in [-0.2, 0) is 17.6 Å². The van der Waals surface area contributed by atoms with Crippen LogP contribution >= 0.6 is 0 Å². The van der Waals surface area contributed by atoms with E-state index in [0.29, 0.717) is 42.1 Å². The molecule has 0 bridgehead atoms. The van der Waals surface area contributed by atoms with E-state index in [-0.39, 0.29) is 29.8 Å². The first-order valence-corrected chi connectivity index (χ1v) is 11.2. The second-order valence-electron chi connectivity index (χ2n) is 8.46. The van der Waals surface area contributed by atoms with Gasteiger partial charge in [0.25, 0.3) is 0 Å². The molecule has 2 heterocycles. The van der Waals surface area contributed by atoms with Crippen molar-refractivity contribution in [2.45, 2.75) is 64.9 Å². The molecule has 1 saturated heterocycles. The van der Waals surface area contributed by atoms with Crippen LogP contribution in [0, 0.1) is 23.4 Å².